The quantitative estimate of drug-likeness (QED) is 0.131. The average Bonchev–Trinajstić information content (AvgIpc) is 2.41. The molecule has 7 nitrogen and oxygen atoms in total. The maximum Gasteiger partial charge on any atom is 0.265 e. The van der Waals surface area contributed by atoms with Crippen molar-refractivity contribution in [2.24, 2.45) is 10.8 Å². The Balaban J connectivity index is 3.06. The van der Waals surface area contributed by atoms with Gasteiger partial charge in [0.15, 0.2) is 0 Å². The van der Waals surface area contributed by atoms with Gasteiger partial charge < -0.3 is 5.11 Å². The molecule has 0 radical (unpaired) electrons. The first-order valence-corrected chi connectivity index (χ1v) is 8.26. The molecule has 0 aliphatic heterocycles. The molecular formula is C11H17ClN4O3S2. The molecular weight excluding hydrogens is 336 g/mol. The topological polar surface area (TPSA) is 117 Å². The highest BCUT2D eigenvalue weighted by Gasteiger charge is 2.20. The van der Waals surface area contributed by atoms with Crippen LogP contribution in [-0.2, 0) is 10.0 Å². The van der Waals surface area contributed by atoms with E-state index in [4.69, 9.17) is 22.6 Å². The van der Waals surface area contributed by atoms with Gasteiger partial charge >= 0.3 is 0 Å². The zero-order valence-electron chi connectivity index (χ0n) is 11.3. The average molecular weight is 353 g/mol. The molecule has 1 rings (SSSR count). The number of hydrogen-bond acceptors (Lipinski definition) is 6. The molecule has 0 unspecified atom stereocenters. The number of thiol groups is 1. The van der Waals surface area contributed by atoms with Crippen LogP contribution < -0.4 is 16.0 Å². The van der Waals surface area contributed by atoms with Gasteiger partial charge in [0.1, 0.15) is 4.90 Å². The van der Waals surface area contributed by atoms with Gasteiger partial charge in [0, 0.05) is 23.1 Å². The van der Waals surface area contributed by atoms with Crippen molar-refractivity contribution < 1.29 is 13.5 Å². The molecule has 10 heteroatoms. The monoisotopic (exact) mass is 352 g/mol. The number of aliphatic imine (C=N–C) groups is 1. The minimum atomic E-state index is -3.90. The van der Waals surface area contributed by atoms with Gasteiger partial charge in [-0.2, -0.15) is 0 Å². The van der Waals surface area contributed by atoms with Crippen molar-refractivity contribution >= 4 is 40.2 Å². The van der Waals surface area contributed by atoms with Crippen molar-refractivity contribution in [1.82, 2.24) is 10.1 Å². The number of nitrogens with two attached hydrogens (primary N) is 1. The van der Waals surface area contributed by atoms with Crippen molar-refractivity contribution in [2.45, 2.75) is 23.1 Å². The SMILES string of the molecule is Cc1cc(S(=O)(=O)NC(=NCCCO)NN)c(S)cc1Cl. The Bertz CT molecular complexity index is 635. The molecule has 21 heavy (non-hydrogen) atoms. The van der Waals surface area contributed by atoms with E-state index in [1.807, 2.05) is 0 Å². The van der Waals surface area contributed by atoms with Gasteiger partial charge in [0.25, 0.3) is 10.0 Å². The first-order chi connectivity index (χ1) is 9.81. The second-order valence-electron chi connectivity index (χ2n) is 4.13. The largest absolute Gasteiger partial charge is 0.396 e. The molecule has 5 N–H and O–H groups in total. The fourth-order valence-corrected chi connectivity index (χ4v) is 3.36. The molecule has 0 aromatic heterocycles. The first-order valence-electron chi connectivity index (χ1n) is 5.95. The number of aliphatic hydroxyl groups is 1. The zero-order valence-corrected chi connectivity index (χ0v) is 13.8. The third kappa shape index (κ3) is 5.04. The van der Waals surface area contributed by atoms with E-state index in [1.54, 1.807) is 6.92 Å². The fraction of sp³-hybridized carbons (Fsp3) is 0.364. The van der Waals surface area contributed by atoms with Crippen LogP contribution in [0.2, 0.25) is 5.02 Å². The van der Waals surface area contributed by atoms with Crippen molar-refractivity contribution in [3.63, 3.8) is 0 Å². The van der Waals surface area contributed by atoms with Crippen LogP contribution in [0.3, 0.4) is 0 Å². The summed E-state index contributed by atoms with van der Waals surface area (Å²) in [6.45, 7) is 1.86. The summed E-state index contributed by atoms with van der Waals surface area (Å²) in [7, 11) is -3.90. The minimum Gasteiger partial charge on any atom is -0.396 e. The number of benzene rings is 1. The number of halogens is 1. The number of rotatable bonds is 5. The van der Waals surface area contributed by atoms with Crippen molar-refractivity contribution in [1.29, 1.82) is 0 Å². The molecule has 1 aromatic rings. The number of aryl methyl sites for hydroxylation is 1. The number of hydrogen-bond donors (Lipinski definition) is 5. The van der Waals surface area contributed by atoms with Gasteiger partial charge in [-0.25, -0.2) is 19.0 Å². The van der Waals surface area contributed by atoms with Crippen LogP contribution >= 0.6 is 24.2 Å². The molecule has 0 atom stereocenters. The maximum absolute atomic E-state index is 12.3. The molecule has 1 aromatic carbocycles. The van der Waals surface area contributed by atoms with Crippen molar-refractivity contribution in [3.05, 3.63) is 22.7 Å². The number of nitrogens with one attached hydrogen (secondary N) is 2. The van der Waals surface area contributed by atoms with E-state index in [2.05, 4.69) is 27.8 Å². The number of sulfonamides is 1. The van der Waals surface area contributed by atoms with Gasteiger partial charge in [0.2, 0.25) is 5.96 Å². The minimum absolute atomic E-state index is 0.0298. The van der Waals surface area contributed by atoms with E-state index in [-0.39, 0.29) is 28.9 Å². The molecule has 0 aliphatic rings. The summed E-state index contributed by atoms with van der Waals surface area (Å²) in [5.41, 5.74) is 2.77. The smallest absolute Gasteiger partial charge is 0.265 e. The first kappa shape index (κ1) is 18.1. The molecule has 0 spiro atoms. The predicted octanol–water partition coefficient (Wildman–Crippen LogP) is 0.417. The lowest BCUT2D eigenvalue weighted by atomic mass is 10.2. The van der Waals surface area contributed by atoms with Crippen LogP contribution in [0.4, 0.5) is 0 Å². The summed E-state index contributed by atoms with van der Waals surface area (Å²) in [5.74, 6) is 5.10. The van der Waals surface area contributed by atoms with Crippen molar-refractivity contribution in [3.8, 4) is 0 Å². The van der Waals surface area contributed by atoms with Crippen LogP contribution in [0, 0.1) is 6.92 Å². The summed E-state index contributed by atoms with van der Waals surface area (Å²) in [6, 6.07) is 2.86. The van der Waals surface area contributed by atoms with Gasteiger partial charge in [-0.15, -0.1) is 12.6 Å². The van der Waals surface area contributed by atoms with E-state index in [0.717, 1.165) is 0 Å². The number of aliphatic hydroxyl groups excluding tert-OH is 1. The lowest BCUT2D eigenvalue weighted by Crippen LogP contribution is -2.44. The second-order valence-corrected chi connectivity index (χ2v) is 6.67. The molecule has 0 aliphatic carbocycles. The lowest BCUT2D eigenvalue weighted by Gasteiger charge is -2.12. The van der Waals surface area contributed by atoms with Gasteiger partial charge in [-0.3, -0.25) is 10.4 Å². The highest BCUT2D eigenvalue weighted by atomic mass is 35.5. The third-order valence-electron chi connectivity index (χ3n) is 2.48. The Kier molecular flexibility index (Phi) is 6.75. The maximum atomic E-state index is 12.3. The van der Waals surface area contributed by atoms with Crippen LogP contribution in [0.25, 0.3) is 0 Å². The molecule has 0 fully saturated rings. The summed E-state index contributed by atoms with van der Waals surface area (Å²) in [4.78, 5) is 4.07. The Morgan fingerprint density at radius 2 is 2.19 bits per heavy atom. The van der Waals surface area contributed by atoms with Crippen LogP contribution in [0.15, 0.2) is 26.9 Å². The normalized spacial score (nSPS) is 12.3. The van der Waals surface area contributed by atoms with Crippen LogP contribution in [0.5, 0.6) is 0 Å². The number of guanidine groups is 1. The van der Waals surface area contributed by atoms with E-state index in [9.17, 15) is 8.42 Å². The van der Waals surface area contributed by atoms with E-state index in [1.165, 1.54) is 12.1 Å². The predicted molar refractivity (Wildman–Crippen MR) is 85.1 cm³/mol. The second kappa shape index (κ2) is 7.85. The summed E-state index contributed by atoms with van der Waals surface area (Å²) in [5, 5.41) is 9.10. The number of nitrogens with zero attached hydrogens (tertiary/aromatic N) is 1. The lowest BCUT2D eigenvalue weighted by molar-refractivity contribution is 0.291. The Labute approximate surface area is 134 Å². The summed E-state index contributed by atoms with van der Waals surface area (Å²) >= 11 is 10.0. The summed E-state index contributed by atoms with van der Waals surface area (Å²) in [6.07, 6.45) is 0.394. The van der Waals surface area contributed by atoms with Crippen LogP contribution in [-0.4, -0.2) is 32.6 Å². The highest BCUT2D eigenvalue weighted by molar-refractivity contribution is 7.91. The van der Waals surface area contributed by atoms with Gasteiger partial charge in [-0.05, 0) is 31.0 Å². The standard InChI is InChI=1S/C11H17ClN4O3S2/c1-7-5-10(9(20)6-8(7)12)21(18,19)16-11(15-13)14-3-2-4-17/h5-6,17,20H,2-4,13H2,1H3,(H2,14,15,16). The Morgan fingerprint density at radius 3 is 2.76 bits per heavy atom. The Morgan fingerprint density at radius 1 is 1.52 bits per heavy atom. The van der Waals surface area contributed by atoms with E-state index < -0.39 is 10.0 Å². The molecule has 0 saturated carbocycles. The molecule has 118 valence electrons. The number of hydrazine groups is 1. The Hall–Kier alpha value is -1.00. The van der Waals surface area contributed by atoms with Crippen LogP contribution in [0.1, 0.15) is 12.0 Å². The fourth-order valence-electron chi connectivity index (χ4n) is 1.41. The molecule has 0 bridgehead atoms. The third-order valence-corrected chi connectivity index (χ3v) is 4.79. The van der Waals surface area contributed by atoms with Gasteiger partial charge in [-0.1, -0.05) is 11.6 Å². The van der Waals surface area contributed by atoms with E-state index >= 15 is 0 Å². The zero-order chi connectivity index (χ0) is 16.0. The summed E-state index contributed by atoms with van der Waals surface area (Å²) < 4.78 is 26.8. The molecule has 0 saturated heterocycles. The van der Waals surface area contributed by atoms with Crippen molar-refractivity contribution in [2.75, 3.05) is 13.2 Å². The highest BCUT2D eigenvalue weighted by Crippen LogP contribution is 2.26. The molecule has 0 amide bonds. The van der Waals surface area contributed by atoms with E-state index in [0.29, 0.717) is 17.0 Å². The van der Waals surface area contributed by atoms with Gasteiger partial charge in [0.05, 0.1) is 0 Å². The molecule has 0 heterocycles.